The van der Waals surface area contributed by atoms with Gasteiger partial charge in [0.1, 0.15) is 16.5 Å². The van der Waals surface area contributed by atoms with Gasteiger partial charge in [0.2, 0.25) is 0 Å². The molecule has 2 aromatic carbocycles. The van der Waals surface area contributed by atoms with Crippen LogP contribution in [-0.2, 0) is 4.74 Å². The Hall–Kier alpha value is -3.85. The lowest BCUT2D eigenvalue weighted by Gasteiger charge is -2.09. The highest BCUT2D eigenvalue weighted by molar-refractivity contribution is 7.19. The second-order valence-electron chi connectivity index (χ2n) is 6.59. The van der Waals surface area contributed by atoms with Crippen LogP contribution in [0, 0.1) is 6.92 Å². The third kappa shape index (κ3) is 4.73. The predicted molar refractivity (Wildman–Crippen MR) is 122 cm³/mol. The minimum absolute atomic E-state index is 0.124. The summed E-state index contributed by atoms with van der Waals surface area (Å²) in [6.45, 7) is 1.63. The summed E-state index contributed by atoms with van der Waals surface area (Å²) in [6.07, 6.45) is 0. The highest BCUT2D eigenvalue weighted by Crippen LogP contribution is 2.35. The average molecular weight is 455 g/mol. The number of amides is 2. The smallest absolute Gasteiger partial charge is 0.341 e. The second kappa shape index (κ2) is 9.97. The van der Waals surface area contributed by atoms with E-state index in [1.165, 1.54) is 21.3 Å². The first-order valence-corrected chi connectivity index (χ1v) is 10.3. The fourth-order valence-corrected chi connectivity index (χ4v) is 4.12. The van der Waals surface area contributed by atoms with Gasteiger partial charge in [-0.2, -0.15) is 0 Å². The molecule has 0 spiro atoms. The number of carbonyl (C=O) groups is 3. The molecule has 32 heavy (non-hydrogen) atoms. The van der Waals surface area contributed by atoms with Gasteiger partial charge in [0, 0.05) is 5.56 Å². The zero-order chi connectivity index (χ0) is 23.3. The van der Waals surface area contributed by atoms with Crippen molar-refractivity contribution < 1.29 is 28.6 Å². The van der Waals surface area contributed by atoms with Gasteiger partial charge in [0.15, 0.2) is 0 Å². The summed E-state index contributed by atoms with van der Waals surface area (Å²) < 4.78 is 15.3. The summed E-state index contributed by atoms with van der Waals surface area (Å²) in [5.41, 5.74) is 1.34. The largest absolute Gasteiger partial charge is 0.497 e. The van der Waals surface area contributed by atoms with E-state index in [1.807, 2.05) is 0 Å². The molecule has 0 saturated carbocycles. The maximum Gasteiger partial charge on any atom is 0.341 e. The Labute approximate surface area is 189 Å². The highest BCUT2D eigenvalue weighted by atomic mass is 32.1. The van der Waals surface area contributed by atoms with Gasteiger partial charge in [0.25, 0.3) is 11.8 Å². The van der Waals surface area contributed by atoms with Crippen LogP contribution in [0.4, 0.5) is 10.7 Å². The Morgan fingerprint density at radius 2 is 1.62 bits per heavy atom. The first-order chi connectivity index (χ1) is 15.4. The number of nitrogens with one attached hydrogen (secondary N) is 2. The molecular formula is C23H22N2O6S. The van der Waals surface area contributed by atoms with Crippen molar-refractivity contribution >= 4 is 39.8 Å². The lowest BCUT2D eigenvalue weighted by atomic mass is 10.1. The third-order valence-electron chi connectivity index (χ3n) is 4.66. The van der Waals surface area contributed by atoms with Gasteiger partial charge in [-0.05, 0) is 42.8 Å². The molecule has 0 atom stereocenters. The Bertz CT molecular complexity index is 1170. The van der Waals surface area contributed by atoms with Gasteiger partial charge in [-0.1, -0.05) is 18.2 Å². The van der Waals surface area contributed by atoms with Crippen molar-refractivity contribution in [3.63, 3.8) is 0 Å². The summed E-state index contributed by atoms with van der Waals surface area (Å²) in [5.74, 6) is -0.535. The number of methoxy groups -OCH3 is 3. The molecule has 0 saturated heterocycles. The second-order valence-corrected chi connectivity index (χ2v) is 7.61. The zero-order valence-corrected chi connectivity index (χ0v) is 18.8. The van der Waals surface area contributed by atoms with Crippen molar-refractivity contribution in [1.82, 2.24) is 0 Å². The first kappa shape index (κ1) is 22.8. The van der Waals surface area contributed by atoms with Crippen molar-refractivity contribution in [2.24, 2.45) is 0 Å². The standard InChI is InChI=1S/C23H22N2O6S/c1-13-18(23(28)31-4)22(25-20(26)14-8-7-9-15(12-14)29-2)32-19(13)21(27)24-16-10-5-6-11-17(16)30-3/h5-12H,1-4H3,(H,24,27)(H,25,26). The molecule has 0 aliphatic rings. The lowest BCUT2D eigenvalue weighted by Crippen LogP contribution is -2.14. The fraction of sp³-hybridized carbons (Fsp3) is 0.174. The number of anilines is 2. The number of thiophene rings is 1. The van der Waals surface area contributed by atoms with Crippen LogP contribution in [0.15, 0.2) is 48.5 Å². The number of para-hydroxylation sites is 2. The fourth-order valence-electron chi connectivity index (χ4n) is 3.03. The average Bonchev–Trinajstić information content (AvgIpc) is 3.14. The van der Waals surface area contributed by atoms with Crippen molar-refractivity contribution in [2.45, 2.75) is 6.92 Å². The zero-order valence-electron chi connectivity index (χ0n) is 18.0. The molecule has 0 aliphatic heterocycles. The molecule has 166 valence electrons. The van der Waals surface area contributed by atoms with Gasteiger partial charge in [0.05, 0.1) is 37.5 Å². The summed E-state index contributed by atoms with van der Waals surface area (Å²) in [5, 5.41) is 5.71. The van der Waals surface area contributed by atoms with Crippen LogP contribution in [0.1, 0.15) is 36.0 Å². The summed E-state index contributed by atoms with van der Waals surface area (Å²) in [4.78, 5) is 38.5. The topological polar surface area (TPSA) is 103 Å². The molecule has 8 nitrogen and oxygen atoms in total. The maximum absolute atomic E-state index is 13.0. The van der Waals surface area contributed by atoms with Crippen LogP contribution in [-0.4, -0.2) is 39.1 Å². The molecule has 2 amide bonds. The highest BCUT2D eigenvalue weighted by Gasteiger charge is 2.27. The first-order valence-electron chi connectivity index (χ1n) is 9.51. The summed E-state index contributed by atoms with van der Waals surface area (Å²) in [7, 11) is 4.24. The van der Waals surface area contributed by atoms with E-state index in [0.717, 1.165) is 11.3 Å². The molecule has 0 bridgehead atoms. The number of rotatable bonds is 7. The molecule has 1 heterocycles. The molecule has 3 aromatic rings. The molecule has 0 unspecified atom stereocenters. The summed E-state index contributed by atoms with van der Waals surface area (Å²) >= 11 is 0.987. The van der Waals surface area contributed by atoms with E-state index in [9.17, 15) is 14.4 Å². The lowest BCUT2D eigenvalue weighted by molar-refractivity contribution is 0.0601. The molecule has 0 aliphatic carbocycles. The van der Waals surface area contributed by atoms with E-state index in [1.54, 1.807) is 55.5 Å². The van der Waals surface area contributed by atoms with E-state index < -0.39 is 17.8 Å². The minimum Gasteiger partial charge on any atom is -0.497 e. The molecule has 3 rings (SSSR count). The predicted octanol–water partition coefficient (Wildman–Crippen LogP) is 4.36. The Morgan fingerprint density at radius 1 is 0.875 bits per heavy atom. The van der Waals surface area contributed by atoms with Crippen molar-refractivity contribution in [3.8, 4) is 11.5 Å². The number of benzene rings is 2. The molecule has 0 radical (unpaired) electrons. The van der Waals surface area contributed by atoms with E-state index in [0.29, 0.717) is 28.3 Å². The van der Waals surface area contributed by atoms with Gasteiger partial charge >= 0.3 is 5.97 Å². The number of esters is 1. The van der Waals surface area contributed by atoms with Crippen molar-refractivity contribution in [2.75, 3.05) is 32.0 Å². The summed E-state index contributed by atoms with van der Waals surface area (Å²) in [6, 6.07) is 13.6. The van der Waals surface area contributed by atoms with E-state index in [-0.39, 0.29) is 15.4 Å². The molecule has 9 heteroatoms. The molecule has 2 N–H and O–H groups in total. The van der Waals surface area contributed by atoms with E-state index in [4.69, 9.17) is 14.2 Å². The Balaban J connectivity index is 1.94. The van der Waals surface area contributed by atoms with Crippen LogP contribution in [0.25, 0.3) is 0 Å². The minimum atomic E-state index is -0.656. The van der Waals surface area contributed by atoms with Gasteiger partial charge in [-0.3, -0.25) is 9.59 Å². The van der Waals surface area contributed by atoms with Crippen LogP contribution in [0.2, 0.25) is 0 Å². The third-order valence-corrected chi connectivity index (χ3v) is 5.86. The van der Waals surface area contributed by atoms with E-state index >= 15 is 0 Å². The normalized spacial score (nSPS) is 10.2. The van der Waals surface area contributed by atoms with Crippen LogP contribution in [0.5, 0.6) is 11.5 Å². The molecular weight excluding hydrogens is 432 g/mol. The Kier molecular flexibility index (Phi) is 7.11. The van der Waals surface area contributed by atoms with E-state index in [2.05, 4.69) is 10.6 Å². The van der Waals surface area contributed by atoms with Crippen LogP contribution >= 0.6 is 11.3 Å². The number of ether oxygens (including phenoxy) is 3. The maximum atomic E-state index is 13.0. The monoisotopic (exact) mass is 454 g/mol. The van der Waals surface area contributed by atoms with Crippen LogP contribution in [0.3, 0.4) is 0 Å². The SMILES string of the molecule is COC(=O)c1c(NC(=O)c2cccc(OC)c2)sc(C(=O)Nc2ccccc2OC)c1C. The van der Waals surface area contributed by atoms with Crippen molar-refractivity contribution in [1.29, 1.82) is 0 Å². The Morgan fingerprint density at radius 3 is 2.31 bits per heavy atom. The van der Waals surface area contributed by atoms with Crippen LogP contribution < -0.4 is 20.1 Å². The quantitative estimate of drug-likeness (QED) is 0.514. The number of hydrogen-bond acceptors (Lipinski definition) is 7. The molecule has 0 fully saturated rings. The van der Waals surface area contributed by atoms with Gasteiger partial charge in [-0.25, -0.2) is 4.79 Å². The van der Waals surface area contributed by atoms with Crippen molar-refractivity contribution in [3.05, 3.63) is 70.1 Å². The number of hydrogen-bond donors (Lipinski definition) is 2. The molecule has 1 aromatic heterocycles. The number of carbonyl (C=O) groups excluding carboxylic acids is 3. The van der Waals surface area contributed by atoms with Gasteiger partial charge < -0.3 is 24.8 Å². The van der Waals surface area contributed by atoms with Gasteiger partial charge in [-0.15, -0.1) is 11.3 Å².